The van der Waals surface area contributed by atoms with Crippen LogP contribution in [0.2, 0.25) is 0 Å². The van der Waals surface area contributed by atoms with Gasteiger partial charge in [-0.3, -0.25) is 5.32 Å². The zero-order chi connectivity index (χ0) is 13.1. The minimum absolute atomic E-state index is 0.0501. The van der Waals surface area contributed by atoms with Gasteiger partial charge in [-0.25, -0.2) is 4.99 Å². The van der Waals surface area contributed by atoms with Crippen molar-refractivity contribution in [2.75, 3.05) is 6.54 Å². The lowest BCUT2D eigenvalue weighted by Crippen LogP contribution is -2.32. The minimum Gasteiger partial charge on any atom is -0.387 e. The van der Waals surface area contributed by atoms with Gasteiger partial charge in [0, 0.05) is 13.0 Å². The van der Waals surface area contributed by atoms with E-state index in [1.807, 2.05) is 0 Å². The third kappa shape index (κ3) is 2.98. The lowest BCUT2D eigenvalue weighted by molar-refractivity contribution is 0.443. The molecular weight excluding hydrogens is 234 g/mol. The molecular formula is C16H23N3. The summed E-state index contributed by atoms with van der Waals surface area (Å²) < 4.78 is 0. The maximum Gasteiger partial charge on any atom is 0.127 e. The largest absolute Gasteiger partial charge is 0.387 e. The van der Waals surface area contributed by atoms with Crippen molar-refractivity contribution in [1.29, 1.82) is 0 Å². The molecule has 0 spiro atoms. The van der Waals surface area contributed by atoms with Crippen LogP contribution in [0, 0.1) is 0 Å². The summed E-state index contributed by atoms with van der Waals surface area (Å²) in [6.07, 6.45) is 7.80. The molecule has 3 nitrogen and oxygen atoms in total. The quantitative estimate of drug-likeness (QED) is 0.855. The van der Waals surface area contributed by atoms with Crippen molar-refractivity contribution in [2.24, 2.45) is 10.7 Å². The molecule has 19 heavy (non-hydrogen) atoms. The second kappa shape index (κ2) is 5.74. The van der Waals surface area contributed by atoms with Crippen LogP contribution in [-0.4, -0.2) is 12.4 Å². The molecule has 0 amide bonds. The second-order valence-corrected chi connectivity index (χ2v) is 5.73. The zero-order valence-corrected chi connectivity index (χ0v) is 11.4. The van der Waals surface area contributed by atoms with Gasteiger partial charge in [-0.05, 0) is 29.9 Å². The van der Waals surface area contributed by atoms with E-state index in [1.165, 1.54) is 43.2 Å². The highest BCUT2D eigenvalue weighted by atomic mass is 15.1. The summed E-state index contributed by atoms with van der Waals surface area (Å²) in [4.78, 5) is 4.48. The highest BCUT2D eigenvalue weighted by molar-refractivity contribution is 5.81. The zero-order valence-electron chi connectivity index (χ0n) is 11.4. The van der Waals surface area contributed by atoms with E-state index >= 15 is 0 Å². The summed E-state index contributed by atoms with van der Waals surface area (Å²) in [6.45, 7) is 0.921. The van der Waals surface area contributed by atoms with E-state index < -0.39 is 0 Å². The number of hydrogen-bond donors (Lipinski definition) is 2. The molecule has 3 heteroatoms. The summed E-state index contributed by atoms with van der Waals surface area (Å²) in [5.41, 5.74) is 8.54. The molecule has 0 saturated heterocycles. The molecule has 1 heterocycles. The van der Waals surface area contributed by atoms with Gasteiger partial charge in [0.25, 0.3) is 0 Å². The molecule has 1 aliphatic carbocycles. The van der Waals surface area contributed by atoms with Crippen LogP contribution in [-0.2, 0) is 0 Å². The molecule has 2 aliphatic rings. The Morgan fingerprint density at radius 2 is 1.68 bits per heavy atom. The van der Waals surface area contributed by atoms with Gasteiger partial charge in [0.1, 0.15) is 6.17 Å². The van der Waals surface area contributed by atoms with Crippen LogP contribution < -0.4 is 11.1 Å². The van der Waals surface area contributed by atoms with E-state index in [4.69, 9.17) is 5.73 Å². The molecule has 0 radical (unpaired) electrons. The molecule has 1 aromatic rings. The SMILES string of the molecule is NC1=NC(c2ccc(C3CCCCC3)cc2)NCC1. The van der Waals surface area contributed by atoms with Crippen molar-refractivity contribution >= 4 is 5.84 Å². The third-order valence-electron chi connectivity index (χ3n) is 4.34. The molecule has 3 rings (SSSR count). The summed E-state index contributed by atoms with van der Waals surface area (Å²) in [7, 11) is 0. The van der Waals surface area contributed by atoms with Crippen LogP contribution in [0.15, 0.2) is 29.3 Å². The van der Waals surface area contributed by atoms with Gasteiger partial charge in [-0.1, -0.05) is 43.5 Å². The first-order valence-corrected chi connectivity index (χ1v) is 7.48. The molecule has 1 saturated carbocycles. The monoisotopic (exact) mass is 257 g/mol. The summed E-state index contributed by atoms with van der Waals surface area (Å²) in [5, 5.41) is 3.40. The number of rotatable bonds is 2. The third-order valence-corrected chi connectivity index (χ3v) is 4.34. The molecule has 1 fully saturated rings. The number of hydrogen-bond acceptors (Lipinski definition) is 3. The second-order valence-electron chi connectivity index (χ2n) is 5.73. The molecule has 3 N–H and O–H groups in total. The van der Waals surface area contributed by atoms with Crippen molar-refractivity contribution < 1.29 is 0 Å². The van der Waals surface area contributed by atoms with Gasteiger partial charge in [0.2, 0.25) is 0 Å². The maximum atomic E-state index is 5.82. The van der Waals surface area contributed by atoms with Crippen LogP contribution >= 0.6 is 0 Å². The van der Waals surface area contributed by atoms with Crippen LogP contribution in [0.25, 0.3) is 0 Å². The molecule has 1 unspecified atom stereocenters. The maximum absolute atomic E-state index is 5.82. The number of amidine groups is 1. The Balaban J connectivity index is 1.73. The molecule has 1 atom stereocenters. The summed E-state index contributed by atoms with van der Waals surface area (Å²) >= 11 is 0. The molecule has 1 aliphatic heterocycles. The van der Waals surface area contributed by atoms with Crippen molar-refractivity contribution in [3.05, 3.63) is 35.4 Å². The number of benzene rings is 1. The Hall–Kier alpha value is -1.35. The predicted octanol–water partition coefficient (Wildman–Crippen LogP) is 3.08. The number of nitrogens with one attached hydrogen (secondary N) is 1. The topological polar surface area (TPSA) is 50.4 Å². The fourth-order valence-corrected chi connectivity index (χ4v) is 3.19. The Morgan fingerprint density at radius 3 is 2.37 bits per heavy atom. The lowest BCUT2D eigenvalue weighted by Gasteiger charge is -2.24. The average Bonchev–Trinajstić information content (AvgIpc) is 2.48. The first-order valence-electron chi connectivity index (χ1n) is 7.48. The number of nitrogens with two attached hydrogens (primary N) is 1. The minimum atomic E-state index is 0.0501. The highest BCUT2D eigenvalue weighted by Crippen LogP contribution is 2.33. The van der Waals surface area contributed by atoms with E-state index in [2.05, 4.69) is 34.6 Å². The van der Waals surface area contributed by atoms with Crippen LogP contribution in [0.3, 0.4) is 0 Å². The van der Waals surface area contributed by atoms with E-state index in [1.54, 1.807) is 0 Å². The summed E-state index contributed by atoms with van der Waals surface area (Å²) in [5.74, 6) is 1.54. The highest BCUT2D eigenvalue weighted by Gasteiger charge is 2.17. The first-order chi connectivity index (χ1) is 9.33. The predicted molar refractivity (Wildman–Crippen MR) is 79.3 cm³/mol. The van der Waals surface area contributed by atoms with E-state index in [9.17, 15) is 0 Å². The Bertz CT molecular complexity index is 444. The summed E-state index contributed by atoms with van der Waals surface area (Å²) in [6, 6.07) is 8.99. The lowest BCUT2D eigenvalue weighted by atomic mass is 9.84. The van der Waals surface area contributed by atoms with E-state index in [-0.39, 0.29) is 6.17 Å². The van der Waals surface area contributed by atoms with Gasteiger partial charge in [-0.2, -0.15) is 0 Å². The van der Waals surface area contributed by atoms with Gasteiger partial charge in [0.05, 0.1) is 5.84 Å². The Morgan fingerprint density at radius 1 is 1.00 bits per heavy atom. The average molecular weight is 257 g/mol. The standard InChI is InChI=1S/C16H23N3/c17-15-10-11-18-16(19-15)14-8-6-13(7-9-14)12-4-2-1-3-5-12/h6-9,12,16,18H,1-5,10-11H2,(H2,17,19). The van der Waals surface area contributed by atoms with Crippen molar-refractivity contribution in [3.63, 3.8) is 0 Å². The smallest absolute Gasteiger partial charge is 0.127 e. The molecule has 102 valence electrons. The van der Waals surface area contributed by atoms with E-state index in [0.29, 0.717) is 0 Å². The van der Waals surface area contributed by atoms with Crippen LogP contribution in [0.4, 0.5) is 0 Å². The van der Waals surface area contributed by atoms with Crippen LogP contribution in [0.1, 0.15) is 61.7 Å². The number of aliphatic imine (C=N–C) groups is 1. The Kier molecular flexibility index (Phi) is 3.83. The van der Waals surface area contributed by atoms with Gasteiger partial charge in [0.15, 0.2) is 0 Å². The van der Waals surface area contributed by atoms with Gasteiger partial charge in [-0.15, -0.1) is 0 Å². The molecule has 1 aromatic carbocycles. The first kappa shape index (κ1) is 12.7. The van der Waals surface area contributed by atoms with E-state index in [0.717, 1.165) is 24.7 Å². The fraction of sp³-hybridized carbons (Fsp3) is 0.562. The number of nitrogens with zero attached hydrogens (tertiary/aromatic N) is 1. The normalized spacial score (nSPS) is 25.1. The van der Waals surface area contributed by atoms with Crippen molar-refractivity contribution in [1.82, 2.24) is 5.32 Å². The molecule has 0 aromatic heterocycles. The molecule has 0 bridgehead atoms. The van der Waals surface area contributed by atoms with Gasteiger partial charge >= 0.3 is 0 Å². The fourth-order valence-electron chi connectivity index (χ4n) is 3.19. The Labute approximate surface area is 115 Å². The van der Waals surface area contributed by atoms with Crippen LogP contribution in [0.5, 0.6) is 0 Å². The van der Waals surface area contributed by atoms with Crippen molar-refractivity contribution in [3.8, 4) is 0 Å². The van der Waals surface area contributed by atoms with Crippen molar-refractivity contribution in [2.45, 2.75) is 50.6 Å². The van der Waals surface area contributed by atoms with Gasteiger partial charge < -0.3 is 5.73 Å².